The quantitative estimate of drug-likeness (QED) is 0.187. The molecular weight excluding hydrogens is 669 g/mol. The van der Waals surface area contributed by atoms with Crippen LogP contribution in [0.5, 0.6) is 5.75 Å². The van der Waals surface area contributed by atoms with Crippen LogP contribution in [0, 0.1) is 33.8 Å². The number of fused-ring (bicyclic) bond motifs is 1. The topological polar surface area (TPSA) is 46.0 Å². The number of hydrogen-bond acceptors (Lipinski definition) is 3. The van der Waals surface area contributed by atoms with E-state index < -0.39 is 0 Å². The minimum absolute atomic E-state index is 0. The van der Waals surface area contributed by atoms with Crippen molar-refractivity contribution >= 4 is 10.8 Å². The normalized spacial score (nSPS) is 12.2. The van der Waals surface area contributed by atoms with E-state index in [9.17, 15) is 5.11 Å². The molecule has 1 N–H and O–H groups in total. The van der Waals surface area contributed by atoms with Gasteiger partial charge >= 0.3 is 0 Å². The Labute approximate surface area is 257 Å². The van der Waals surface area contributed by atoms with Gasteiger partial charge in [-0.25, -0.2) is 0 Å². The first kappa shape index (κ1) is 22.7. The number of pyridine rings is 2. The molecule has 4 aromatic carbocycles. The fraction of sp³-hybridized carbons (Fsp3) is 0.111. The number of hydrogen-bond donors (Lipinski definition) is 1. The Morgan fingerprint density at radius 1 is 0.750 bits per heavy atom. The SMILES string of the molecule is Cc1ccnc(-c2ccccc2O)c1.[2H]c1c([2H])c([2H])c(-c2cc3ccnc(-c4[c-]c(C)cc(C)c4)c3cc2C)c([2H])c1[2H].[Ir]. The number of phenolic OH excluding ortho intramolecular Hbond substituents is 1. The Morgan fingerprint density at radius 3 is 2.23 bits per heavy atom. The predicted octanol–water partition coefficient (Wildman–Crippen LogP) is 9.05. The summed E-state index contributed by atoms with van der Waals surface area (Å²) < 4.78 is 40.4. The summed E-state index contributed by atoms with van der Waals surface area (Å²) in [5, 5.41) is 11.4. The molecule has 201 valence electrons. The Kier molecular flexibility index (Phi) is 7.27. The maximum Gasteiger partial charge on any atom is 0.124 e. The van der Waals surface area contributed by atoms with Crippen molar-refractivity contribution < 1.29 is 32.1 Å². The van der Waals surface area contributed by atoms with Crippen LogP contribution >= 0.6 is 0 Å². The van der Waals surface area contributed by atoms with Gasteiger partial charge < -0.3 is 10.1 Å². The number of para-hydroxylation sites is 1. The van der Waals surface area contributed by atoms with Crippen LogP contribution in [-0.4, -0.2) is 15.1 Å². The average molecular weight is 705 g/mol. The third-order valence-corrected chi connectivity index (χ3v) is 6.38. The molecule has 0 saturated heterocycles. The van der Waals surface area contributed by atoms with Gasteiger partial charge in [-0.1, -0.05) is 62.3 Å². The second kappa shape index (κ2) is 12.8. The van der Waals surface area contributed by atoms with Crippen molar-refractivity contribution in [3.8, 4) is 39.4 Å². The van der Waals surface area contributed by atoms with E-state index in [0.29, 0.717) is 5.56 Å². The number of phenols is 1. The first-order chi connectivity index (χ1) is 21.0. The molecule has 0 aliphatic heterocycles. The summed E-state index contributed by atoms with van der Waals surface area (Å²) in [6.45, 7) is 7.93. The van der Waals surface area contributed by atoms with Crippen molar-refractivity contribution in [2.45, 2.75) is 27.7 Å². The monoisotopic (exact) mass is 705 g/mol. The van der Waals surface area contributed by atoms with E-state index in [1.807, 2.05) is 76.2 Å². The summed E-state index contributed by atoms with van der Waals surface area (Å²) in [6, 6.07) is 22.9. The number of nitrogens with zero attached hydrogens (tertiary/aromatic N) is 2. The van der Waals surface area contributed by atoms with Gasteiger partial charge in [-0.05, 0) is 89.0 Å². The maximum atomic E-state index is 9.61. The fourth-order valence-electron chi connectivity index (χ4n) is 4.59. The zero-order valence-corrected chi connectivity index (χ0v) is 25.1. The molecule has 0 amide bonds. The molecule has 3 nitrogen and oxygen atoms in total. The molecule has 2 heterocycles. The van der Waals surface area contributed by atoms with Gasteiger partial charge in [0.2, 0.25) is 0 Å². The molecule has 0 fully saturated rings. The van der Waals surface area contributed by atoms with Gasteiger partial charge in [0.25, 0.3) is 0 Å². The zero-order valence-electron chi connectivity index (χ0n) is 27.7. The van der Waals surface area contributed by atoms with Crippen LogP contribution in [0.25, 0.3) is 44.4 Å². The largest absolute Gasteiger partial charge is 0.507 e. The molecule has 6 aromatic rings. The molecule has 0 unspecified atom stereocenters. The van der Waals surface area contributed by atoms with Crippen LogP contribution in [0.15, 0.2) is 109 Å². The van der Waals surface area contributed by atoms with Crippen LogP contribution in [0.2, 0.25) is 0 Å². The van der Waals surface area contributed by atoms with E-state index in [0.717, 1.165) is 55.5 Å². The Hall–Kier alpha value is -4.11. The summed E-state index contributed by atoms with van der Waals surface area (Å²) >= 11 is 0. The van der Waals surface area contributed by atoms with E-state index in [1.165, 1.54) is 0 Å². The van der Waals surface area contributed by atoms with Crippen LogP contribution in [0.4, 0.5) is 0 Å². The van der Waals surface area contributed by atoms with Crippen LogP contribution < -0.4 is 0 Å². The van der Waals surface area contributed by atoms with Gasteiger partial charge in [0.05, 0.1) is 12.5 Å². The Balaban J connectivity index is 0.000000258. The molecule has 4 heteroatoms. The minimum Gasteiger partial charge on any atom is -0.507 e. The number of aromatic nitrogens is 2. The molecule has 0 bridgehead atoms. The summed E-state index contributed by atoms with van der Waals surface area (Å²) in [5.74, 6) is 0.269. The Morgan fingerprint density at radius 2 is 1.50 bits per heavy atom. The molecule has 0 spiro atoms. The first-order valence-corrected chi connectivity index (χ1v) is 12.6. The third kappa shape index (κ3) is 6.54. The second-order valence-electron chi connectivity index (χ2n) is 9.54. The Bertz CT molecular complexity index is 2000. The van der Waals surface area contributed by atoms with Crippen LogP contribution in [0.1, 0.15) is 29.1 Å². The standard InChI is InChI=1S/C24H20N.C12H11NO.Ir/c1-16-11-17(2)13-21(12-16)24-23-14-18(3)22(15-20(23)9-10-25-24)19-7-5-4-6-8-19;1-9-6-7-13-11(8-9)10-4-2-3-5-12(10)14;/h4-12,14-15H,1-3H3;2-8,14H,1H3;/q-1;;/i4D,5D,6D,7D,8D;;. The van der Waals surface area contributed by atoms with Gasteiger partial charge in [0.15, 0.2) is 0 Å². The van der Waals surface area contributed by atoms with Crippen molar-refractivity contribution in [2.24, 2.45) is 0 Å². The number of aromatic hydroxyl groups is 1. The van der Waals surface area contributed by atoms with Crippen molar-refractivity contribution in [1.82, 2.24) is 9.97 Å². The maximum absolute atomic E-state index is 9.61. The van der Waals surface area contributed by atoms with Crippen molar-refractivity contribution in [2.75, 3.05) is 0 Å². The molecule has 2 aromatic heterocycles. The van der Waals surface area contributed by atoms with E-state index in [4.69, 9.17) is 6.85 Å². The fourth-order valence-corrected chi connectivity index (χ4v) is 4.59. The summed E-state index contributed by atoms with van der Waals surface area (Å²) in [5.41, 5.74) is 8.28. The van der Waals surface area contributed by atoms with Gasteiger partial charge in [0, 0.05) is 38.1 Å². The third-order valence-electron chi connectivity index (χ3n) is 6.38. The van der Waals surface area contributed by atoms with E-state index in [2.05, 4.69) is 22.1 Å². The molecule has 0 aliphatic carbocycles. The predicted molar refractivity (Wildman–Crippen MR) is 162 cm³/mol. The molecule has 0 aliphatic rings. The minimum atomic E-state index is -0.385. The zero-order chi connectivity index (χ0) is 31.7. The molecule has 0 atom stereocenters. The number of aryl methyl sites for hydroxylation is 4. The molecule has 0 saturated carbocycles. The van der Waals surface area contributed by atoms with Gasteiger partial charge in [-0.3, -0.25) is 4.98 Å². The van der Waals surface area contributed by atoms with Gasteiger partial charge in [-0.15, -0.1) is 34.9 Å². The molecular formula is C36H31IrN2O-. The van der Waals surface area contributed by atoms with Crippen molar-refractivity contribution in [3.05, 3.63) is 138 Å². The number of benzene rings is 4. The summed E-state index contributed by atoms with van der Waals surface area (Å²) in [6.07, 6.45) is 3.47. The van der Waals surface area contributed by atoms with Crippen LogP contribution in [0.3, 0.4) is 0 Å². The summed E-state index contributed by atoms with van der Waals surface area (Å²) in [7, 11) is 0. The molecule has 6 rings (SSSR count). The molecule has 40 heavy (non-hydrogen) atoms. The summed E-state index contributed by atoms with van der Waals surface area (Å²) in [4.78, 5) is 8.80. The first-order valence-electron chi connectivity index (χ1n) is 15.1. The molecule has 1 radical (unpaired) electrons. The van der Waals surface area contributed by atoms with Crippen molar-refractivity contribution in [3.63, 3.8) is 0 Å². The van der Waals surface area contributed by atoms with Crippen LogP contribution in [-0.2, 0) is 20.1 Å². The van der Waals surface area contributed by atoms with E-state index >= 15 is 0 Å². The number of rotatable bonds is 3. The van der Waals surface area contributed by atoms with Crippen molar-refractivity contribution in [1.29, 1.82) is 0 Å². The van der Waals surface area contributed by atoms with E-state index in [-0.39, 0.29) is 61.6 Å². The van der Waals surface area contributed by atoms with E-state index in [1.54, 1.807) is 24.5 Å². The van der Waals surface area contributed by atoms with Gasteiger partial charge in [-0.2, -0.15) is 0 Å². The van der Waals surface area contributed by atoms with Gasteiger partial charge in [0.1, 0.15) is 5.75 Å². The smallest absolute Gasteiger partial charge is 0.124 e. The average Bonchev–Trinajstić information content (AvgIpc) is 2.99. The second-order valence-corrected chi connectivity index (χ2v) is 9.54.